The summed E-state index contributed by atoms with van der Waals surface area (Å²) in [5.41, 5.74) is -0.183. The molecule has 0 amide bonds. The van der Waals surface area contributed by atoms with E-state index in [1.54, 1.807) is 0 Å². The van der Waals surface area contributed by atoms with E-state index in [0.29, 0.717) is 5.78 Å². The number of hydrogen-bond acceptors (Lipinski definition) is 2. The number of carbonyl (C=O) groups is 1. The molecule has 2 heteroatoms. The largest absolute Gasteiger partial charge is 0.319 e. The molecule has 1 aliphatic rings. The van der Waals surface area contributed by atoms with Crippen LogP contribution < -0.4 is 5.32 Å². The first-order valence-corrected chi connectivity index (χ1v) is 3.66. The number of rotatable bonds is 2. The van der Waals surface area contributed by atoms with Crippen molar-refractivity contribution in [3.63, 3.8) is 0 Å². The summed E-state index contributed by atoms with van der Waals surface area (Å²) in [7, 11) is 1.88. The zero-order valence-electron chi connectivity index (χ0n) is 7.12. The summed E-state index contributed by atoms with van der Waals surface area (Å²) in [6, 6.07) is 0. The van der Waals surface area contributed by atoms with Gasteiger partial charge in [-0.25, -0.2) is 0 Å². The van der Waals surface area contributed by atoms with Crippen molar-refractivity contribution < 1.29 is 4.79 Å². The number of ketones is 1. The van der Waals surface area contributed by atoms with E-state index in [-0.39, 0.29) is 10.8 Å². The molecule has 1 fully saturated rings. The lowest BCUT2D eigenvalue weighted by Crippen LogP contribution is -2.21. The van der Waals surface area contributed by atoms with E-state index >= 15 is 0 Å². The highest BCUT2D eigenvalue weighted by molar-refractivity contribution is 6.07. The molecule has 1 saturated carbocycles. The molecule has 0 spiro atoms. The quantitative estimate of drug-likeness (QED) is 0.617. The summed E-state index contributed by atoms with van der Waals surface area (Å²) < 4.78 is 0. The Kier molecular flexibility index (Phi) is 1.40. The molecule has 0 unspecified atom stereocenters. The lowest BCUT2D eigenvalue weighted by Gasteiger charge is -2.09. The molecule has 1 N–H and O–H groups in total. The maximum absolute atomic E-state index is 11.2. The van der Waals surface area contributed by atoms with Gasteiger partial charge >= 0.3 is 0 Å². The molecular formula is C8H15NO. The Bertz CT molecular complexity index is 174. The second kappa shape index (κ2) is 1.82. The number of Topliss-reactive ketones (excluding diaryl/α,β-unsaturated/α-hetero) is 1. The normalized spacial score (nSPS) is 36.2. The van der Waals surface area contributed by atoms with Gasteiger partial charge < -0.3 is 5.32 Å². The van der Waals surface area contributed by atoms with Gasteiger partial charge in [0.05, 0.1) is 5.41 Å². The summed E-state index contributed by atoms with van der Waals surface area (Å²) in [6.07, 6.45) is 0. The van der Waals surface area contributed by atoms with E-state index in [0.717, 1.165) is 6.54 Å². The molecule has 0 saturated heterocycles. The molecule has 0 aromatic rings. The summed E-state index contributed by atoms with van der Waals surface area (Å²) in [5, 5.41) is 3.04. The monoisotopic (exact) mass is 141 g/mol. The molecule has 0 aromatic heterocycles. The highest BCUT2D eigenvalue weighted by atomic mass is 16.1. The van der Waals surface area contributed by atoms with Crippen molar-refractivity contribution in [2.45, 2.75) is 20.8 Å². The van der Waals surface area contributed by atoms with Crippen molar-refractivity contribution in [3.8, 4) is 0 Å². The molecule has 58 valence electrons. The van der Waals surface area contributed by atoms with Crippen molar-refractivity contribution in [3.05, 3.63) is 0 Å². The highest BCUT2D eigenvalue weighted by Gasteiger charge is 2.67. The molecule has 0 aliphatic heterocycles. The van der Waals surface area contributed by atoms with Gasteiger partial charge in [-0.15, -0.1) is 0 Å². The molecule has 0 heterocycles. The minimum atomic E-state index is -0.0955. The van der Waals surface area contributed by atoms with Crippen molar-refractivity contribution in [2.24, 2.45) is 10.8 Å². The number of nitrogens with one attached hydrogen (secondary N) is 1. The van der Waals surface area contributed by atoms with E-state index in [2.05, 4.69) is 5.32 Å². The van der Waals surface area contributed by atoms with Crippen LogP contribution in [0.15, 0.2) is 0 Å². The highest BCUT2D eigenvalue weighted by Crippen LogP contribution is 2.58. The molecule has 0 bridgehead atoms. The van der Waals surface area contributed by atoms with Crippen molar-refractivity contribution in [1.82, 2.24) is 5.32 Å². The fourth-order valence-corrected chi connectivity index (χ4v) is 1.53. The Labute approximate surface area is 62.0 Å². The lowest BCUT2D eigenvalue weighted by atomic mass is 9.98. The second-order valence-electron chi connectivity index (χ2n) is 3.82. The third-order valence-electron chi connectivity index (χ3n) is 2.92. The van der Waals surface area contributed by atoms with Crippen LogP contribution >= 0.6 is 0 Å². The van der Waals surface area contributed by atoms with Gasteiger partial charge in [-0.2, -0.15) is 0 Å². The van der Waals surface area contributed by atoms with E-state index in [9.17, 15) is 4.79 Å². The van der Waals surface area contributed by atoms with Crippen LogP contribution in [0.5, 0.6) is 0 Å². The van der Waals surface area contributed by atoms with Gasteiger partial charge in [-0.1, -0.05) is 20.8 Å². The van der Waals surface area contributed by atoms with Gasteiger partial charge in [-0.3, -0.25) is 4.79 Å². The lowest BCUT2D eigenvalue weighted by molar-refractivity contribution is -0.114. The van der Waals surface area contributed by atoms with Crippen molar-refractivity contribution in [1.29, 1.82) is 0 Å². The Morgan fingerprint density at radius 3 is 1.90 bits per heavy atom. The van der Waals surface area contributed by atoms with Gasteiger partial charge in [0.25, 0.3) is 0 Å². The number of hydrogen-bond donors (Lipinski definition) is 1. The first-order valence-electron chi connectivity index (χ1n) is 3.66. The van der Waals surface area contributed by atoms with Crippen molar-refractivity contribution >= 4 is 5.78 Å². The van der Waals surface area contributed by atoms with E-state index in [4.69, 9.17) is 0 Å². The molecule has 10 heavy (non-hydrogen) atoms. The fourth-order valence-electron chi connectivity index (χ4n) is 1.53. The molecular weight excluding hydrogens is 126 g/mol. The first-order chi connectivity index (χ1) is 4.47. The van der Waals surface area contributed by atoms with Gasteiger partial charge in [0.2, 0.25) is 0 Å². The van der Waals surface area contributed by atoms with Gasteiger partial charge in [0, 0.05) is 12.0 Å². The Morgan fingerprint density at radius 2 is 1.80 bits per heavy atom. The maximum atomic E-state index is 11.2. The van der Waals surface area contributed by atoms with Crippen LogP contribution in [-0.4, -0.2) is 19.4 Å². The van der Waals surface area contributed by atoms with Gasteiger partial charge in [-0.05, 0) is 7.05 Å². The molecule has 1 rings (SSSR count). The predicted octanol–water partition coefficient (Wildman–Crippen LogP) is 0.821. The van der Waals surface area contributed by atoms with E-state index < -0.39 is 0 Å². The average molecular weight is 141 g/mol. The SMILES string of the molecule is CNC[C@@]1(C)C(=O)C1(C)C. The van der Waals surface area contributed by atoms with Crippen LogP contribution in [0.1, 0.15) is 20.8 Å². The van der Waals surface area contributed by atoms with Crippen LogP contribution in [-0.2, 0) is 4.79 Å². The smallest absolute Gasteiger partial charge is 0.147 e. The summed E-state index contributed by atoms with van der Waals surface area (Å²) in [6.45, 7) is 6.84. The van der Waals surface area contributed by atoms with Crippen LogP contribution in [0.25, 0.3) is 0 Å². The van der Waals surface area contributed by atoms with Gasteiger partial charge in [0.1, 0.15) is 5.78 Å². The summed E-state index contributed by atoms with van der Waals surface area (Å²) >= 11 is 0. The maximum Gasteiger partial charge on any atom is 0.147 e. The van der Waals surface area contributed by atoms with E-state index in [1.807, 2.05) is 27.8 Å². The fraction of sp³-hybridized carbons (Fsp3) is 0.875. The van der Waals surface area contributed by atoms with Gasteiger partial charge in [0.15, 0.2) is 0 Å². The first kappa shape index (κ1) is 7.73. The Morgan fingerprint density at radius 1 is 1.40 bits per heavy atom. The molecule has 2 nitrogen and oxygen atoms in total. The Hall–Kier alpha value is -0.370. The summed E-state index contributed by atoms with van der Waals surface area (Å²) in [4.78, 5) is 11.2. The average Bonchev–Trinajstić information content (AvgIpc) is 2.17. The standard InChI is InChI=1S/C8H15NO/c1-7(2)6(10)8(7,3)5-9-4/h9H,5H2,1-4H3/t8-/m0/s1. The molecule has 1 aliphatic carbocycles. The zero-order valence-corrected chi connectivity index (χ0v) is 7.12. The molecule has 1 atom stereocenters. The third kappa shape index (κ3) is 0.655. The van der Waals surface area contributed by atoms with Crippen molar-refractivity contribution in [2.75, 3.05) is 13.6 Å². The topological polar surface area (TPSA) is 29.1 Å². The zero-order chi connectivity index (χ0) is 7.99. The van der Waals surface area contributed by atoms with Crippen LogP contribution in [0.2, 0.25) is 0 Å². The predicted molar refractivity (Wildman–Crippen MR) is 40.8 cm³/mol. The van der Waals surface area contributed by atoms with Crippen LogP contribution in [0.4, 0.5) is 0 Å². The van der Waals surface area contributed by atoms with Crippen LogP contribution in [0, 0.1) is 10.8 Å². The number of carbonyl (C=O) groups excluding carboxylic acids is 1. The minimum absolute atomic E-state index is 0.0873. The summed E-state index contributed by atoms with van der Waals surface area (Å²) in [5.74, 6) is 0.384. The van der Waals surface area contributed by atoms with E-state index in [1.165, 1.54) is 0 Å². The minimum Gasteiger partial charge on any atom is -0.319 e. The molecule has 0 aromatic carbocycles. The molecule has 0 radical (unpaired) electrons. The van der Waals surface area contributed by atoms with Crippen LogP contribution in [0.3, 0.4) is 0 Å². The Balaban J connectivity index is 2.68. The third-order valence-corrected chi connectivity index (χ3v) is 2.92. The second-order valence-corrected chi connectivity index (χ2v) is 3.82.